The summed E-state index contributed by atoms with van der Waals surface area (Å²) in [5.74, 6) is 0.834. The van der Waals surface area contributed by atoms with Crippen LogP contribution in [0.15, 0.2) is 54.6 Å². The average molecular weight is 409 g/mol. The first-order valence-corrected chi connectivity index (χ1v) is 10.8. The Morgan fingerprint density at radius 2 is 1.80 bits per heavy atom. The van der Waals surface area contributed by atoms with Gasteiger partial charge in [-0.1, -0.05) is 42.5 Å². The van der Waals surface area contributed by atoms with E-state index in [-0.39, 0.29) is 17.6 Å². The van der Waals surface area contributed by atoms with Gasteiger partial charge in [-0.3, -0.25) is 0 Å². The predicted octanol–water partition coefficient (Wildman–Crippen LogP) is 3.15. The lowest BCUT2D eigenvalue weighted by Gasteiger charge is -2.39. The van der Waals surface area contributed by atoms with Crippen LogP contribution in [0.5, 0.6) is 5.75 Å². The molecule has 6 heteroatoms. The number of methoxy groups -OCH3 is 1. The fraction of sp³-hybridized carbons (Fsp3) is 0.458. The van der Waals surface area contributed by atoms with Gasteiger partial charge in [0.1, 0.15) is 5.75 Å². The van der Waals surface area contributed by atoms with E-state index >= 15 is 0 Å². The number of rotatable bonds is 7. The van der Waals surface area contributed by atoms with E-state index in [0.717, 1.165) is 56.8 Å². The highest BCUT2D eigenvalue weighted by Gasteiger charge is 2.44. The van der Waals surface area contributed by atoms with Crippen LogP contribution in [0.3, 0.4) is 0 Å². The fourth-order valence-electron chi connectivity index (χ4n) is 4.54. The van der Waals surface area contributed by atoms with Crippen molar-refractivity contribution in [3.63, 3.8) is 0 Å². The highest BCUT2D eigenvalue weighted by atomic mass is 16.5. The van der Waals surface area contributed by atoms with Gasteiger partial charge in [0.2, 0.25) is 0 Å². The maximum Gasteiger partial charge on any atom is 0.318 e. The van der Waals surface area contributed by atoms with Crippen molar-refractivity contribution in [2.75, 3.05) is 33.3 Å². The van der Waals surface area contributed by atoms with Crippen molar-refractivity contribution in [3.05, 3.63) is 65.7 Å². The van der Waals surface area contributed by atoms with Crippen molar-refractivity contribution in [2.45, 2.75) is 37.4 Å². The van der Waals surface area contributed by atoms with E-state index in [1.807, 2.05) is 47.4 Å². The molecular formula is C24H32N4O2. The Balaban J connectivity index is 1.26. The first-order valence-electron chi connectivity index (χ1n) is 10.8. The quantitative estimate of drug-likeness (QED) is 0.738. The van der Waals surface area contributed by atoms with Gasteiger partial charge >= 0.3 is 6.03 Å². The number of likely N-dealkylation sites (tertiary alicyclic amines) is 1. The van der Waals surface area contributed by atoms with Crippen molar-refractivity contribution < 1.29 is 9.53 Å². The molecule has 4 rings (SSSR count). The number of carbonyl (C=O) groups excluding carboxylic acids is 1. The van der Waals surface area contributed by atoms with Crippen molar-refractivity contribution in [1.82, 2.24) is 15.1 Å². The van der Waals surface area contributed by atoms with Crippen molar-refractivity contribution in [1.29, 1.82) is 0 Å². The Kier molecular flexibility index (Phi) is 6.25. The molecular weight excluding hydrogens is 376 g/mol. The monoisotopic (exact) mass is 408 g/mol. The zero-order chi connectivity index (χ0) is 21.0. The van der Waals surface area contributed by atoms with Gasteiger partial charge in [-0.25, -0.2) is 4.79 Å². The third-order valence-electron chi connectivity index (χ3n) is 6.48. The van der Waals surface area contributed by atoms with Crippen molar-refractivity contribution in [3.8, 4) is 5.75 Å². The summed E-state index contributed by atoms with van der Waals surface area (Å²) >= 11 is 0. The highest BCUT2D eigenvalue weighted by molar-refractivity contribution is 5.78. The number of hydrogen-bond donors (Lipinski definition) is 2. The number of nitrogens with two attached hydrogens (primary N) is 1. The third kappa shape index (κ3) is 4.77. The summed E-state index contributed by atoms with van der Waals surface area (Å²) in [7, 11) is 1.66. The van der Waals surface area contributed by atoms with Gasteiger partial charge in [-0.15, -0.1) is 0 Å². The van der Waals surface area contributed by atoms with Crippen LogP contribution in [0.25, 0.3) is 0 Å². The highest BCUT2D eigenvalue weighted by Crippen LogP contribution is 2.29. The molecule has 30 heavy (non-hydrogen) atoms. The Morgan fingerprint density at radius 1 is 1.10 bits per heavy atom. The zero-order valence-corrected chi connectivity index (χ0v) is 17.7. The van der Waals surface area contributed by atoms with E-state index in [0.29, 0.717) is 6.54 Å². The average Bonchev–Trinajstić information content (AvgIpc) is 3.08. The molecule has 3 N–H and O–H groups in total. The molecule has 2 aromatic carbocycles. The van der Waals surface area contributed by atoms with Crippen LogP contribution in [0.4, 0.5) is 4.79 Å². The molecule has 6 nitrogen and oxygen atoms in total. The lowest BCUT2D eigenvalue weighted by atomic mass is 9.88. The summed E-state index contributed by atoms with van der Waals surface area (Å²) in [6.07, 6.45) is 2.92. The minimum absolute atomic E-state index is 0.0466. The van der Waals surface area contributed by atoms with Crippen LogP contribution in [-0.4, -0.2) is 54.7 Å². The first-order chi connectivity index (χ1) is 14.6. The van der Waals surface area contributed by atoms with Gasteiger partial charge < -0.3 is 25.6 Å². The number of benzene rings is 2. The van der Waals surface area contributed by atoms with Gasteiger partial charge in [0.15, 0.2) is 0 Å². The number of hydrogen-bond acceptors (Lipinski definition) is 4. The van der Waals surface area contributed by atoms with Crippen LogP contribution in [0.2, 0.25) is 0 Å². The molecule has 1 spiro atoms. The maximum absolute atomic E-state index is 12.6. The molecule has 2 aromatic rings. The van der Waals surface area contributed by atoms with Gasteiger partial charge in [0.25, 0.3) is 0 Å². The topological polar surface area (TPSA) is 70.8 Å². The second-order valence-corrected chi connectivity index (χ2v) is 8.56. The van der Waals surface area contributed by atoms with E-state index in [2.05, 4.69) is 22.3 Å². The lowest BCUT2D eigenvalue weighted by molar-refractivity contribution is 0.145. The van der Waals surface area contributed by atoms with Crippen LogP contribution in [0, 0.1) is 0 Å². The Bertz CT molecular complexity index is 832. The molecule has 160 valence electrons. The number of carbonyl (C=O) groups is 1. The molecule has 1 atom stereocenters. The summed E-state index contributed by atoms with van der Waals surface area (Å²) in [4.78, 5) is 17.0. The lowest BCUT2D eigenvalue weighted by Crippen LogP contribution is -2.52. The van der Waals surface area contributed by atoms with E-state index in [4.69, 9.17) is 10.5 Å². The SMILES string of the molecule is COc1ccc(CN2CC3(CCN(CC[C@H](N)c4ccccc4)CC3)NC2=O)cc1. The van der Waals surface area contributed by atoms with Crippen LogP contribution < -0.4 is 15.8 Å². The van der Waals surface area contributed by atoms with E-state index in [1.165, 1.54) is 5.56 Å². The van der Waals surface area contributed by atoms with Crippen LogP contribution >= 0.6 is 0 Å². The van der Waals surface area contributed by atoms with Crippen LogP contribution in [0.1, 0.15) is 36.4 Å². The van der Waals surface area contributed by atoms with Crippen molar-refractivity contribution >= 4 is 6.03 Å². The number of urea groups is 1. The fourth-order valence-corrected chi connectivity index (χ4v) is 4.54. The summed E-state index contributed by atoms with van der Waals surface area (Å²) in [5.41, 5.74) is 8.58. The normalized spacial score (nSPS) is 19.7. The van der Waals surface area contributed by atoms with Gasteiger partial charge in [-0.2, -0.15) is 0 Å². The molecule has 2 fully saturated rings. The second-order valence-electron chi connectivity index (χ2n) is 8.56. The Labute approximate surface area is 179 Å². The maximum atomic E-state index is 12.6. The number of nitrogens with one attached hydrogen (secondary N) is 1. The Morgan fingerprint density at radius 3 is 2.47 bits per heavy atom. The third-order valence-corrected chi connectivity index (χ3v) is 6.48. The first kappa shape index (κ1) is 20.7. The Hall–Kier alpha value is -2.57. The molecule has 2 amide bonds. The molecule has 0 aromatic heterocycles. The molecule has 0 bridgehead atoms. The van der Waals surface area contributed by atoms with Gasteiger partial charge in [0.05, 0.1) is 12.6 Å². The zero-order valence-electron chi connectivity index (χ0n) is 17.7. The molecule has 0 aliphatic carbocycles. The number of ether oxygens (including phenoxy) is 1. The molecule has 0 saturated carbocycles. The van der Waals surface area contributed by atoms with E-state index in [1.54, 1.807) is 7.11 Å². The van der Waals surface area contributed by atoms with E-state index < -0.39 is 0 Å². The molecule has 2 aliphatic rings. The summed E-state index contributed by atoms with van der Waals surface area (Å²) in [6.45, 7) is 4.40. The second kappa shape index (κ2) is 9.06. The molecule has 2 heterocycles. The molecule has 2 saturated heterocycles. The largest absolute Gasteiger partial charge is 0.497 e. The molecule has 0 unspecified atom stereocenters. The number of nitrogens with zero attached hydrogens (tertiary/aromatic N) is 2. The van der Waals surface area contributed by atoms with Gasteiger partial charge in [-0.05, 0) is 49.1 Å². The van der Waals surface area contributed by atoms with Gasteiger partial charge in [0, 0.05) is 32.2 Å². The summed E-state index contributed by atoms with van der Waals surface area (Å²) in [6, 6.07) is 18.4. The van der Waals surface area contributed by atoms with Crippen LogP contribution in [-0.2, 0) is 6.54 Å². The summed E-state index contributed by atoms with van der Waals surface area (Å²) in [5, 5.41) is 3.28. The smallest absolute Gasteiger partial charge is 0.318 e. The number of piperidine rings is 1. The predicted molar refractivity (Wildman–Crippen MR) is 118 cm³/mol. The minimum Gasteiger partial charge on any atom is -0.497 e. The molecule has 0 radical (unpaired) electrons. The molecule has 2 aliphatic heterocycles. The summed E-state index contributed by atoms with van der Waals surface area (Å²) < 4.78 is 5.21. The van der Waals surface area contributed by atoms with E-state index in [9.17, 15) is 4.79 Å². The van der Waals surface area contributed by atoms with Crippen molar-refractivity contribution in [2.24, 2.45) is 5.73 Å². The standard InChI is InChI=1S/C24H32N4O2/c1-30-21-9-7-19(8-10-21)17-28-18-24(26-23(28)29)12-15-27(16-13-24)14-11-22(25)20-5-3-2-4-6-20/h2-10,22H,11-18,25H2,1H3,(H,26,29)/t22-/m0/s1. The minimum atomic E-state index is -0.0956. The number of amides is 2.